The van der Waals surface area contributed by atoms with E-state index >= 15 is 0 Å². The molecule has 8 nitrogen and oxygen atoms in total. The second-order valence-electron chi connectivity index (χ2n) is 12.8. The average molecular weight is 597 g/mol. The number of benzene rings is 1. The molecule has 5 rings (SSSR count). The zero-order chi connectivity index (χ0) is 29.9. The molecule has 226 valence electrons. The number of amides is 1. The second kappa shape index (κ2) is 12.8. The molecular formula is C32H41FN4O4S. The first-order valence-electron chi connectivity index (χ1n) is 14.6. The number of ether oxygens (including phenoxy) is 2. The number of carbonyl (C=O) groups excluding carboxylic acids is 1. The third kappa shape index (κ3) is 7.34. The predicted molar refractivity (Wildman–Crippen MR) is 161 cm³/mol. The number of methoxy groups -OCH3 is 1. The van der Waals surface area contributed by atoms with E-state index in [1.54, 1.807) is 23.0 Å². The Hall–Kier alpha value is -2.92. The number of pyridine rings is 1. The third-order valence-corrected chi connectivity index (χ3v) is 8.64. The molecule has 3 heterocycles. The zero-order valence-electron chi connectivity index (χ0n) is 24.8. The van der Waals surface area contributed by atoms with Gasteiger partial charge in [-0.05, 0) is 66.8 Å². The maximum absolute atomic E-state index is 14.6. The average Bonchev–Trinajstić information content (AvgIpc) is 3.45. The number of halogens is 1. The van der Waals surface area contributed by atoms with Crippen LogP contribution < -0.4 is 15.4 Å². The number of fused-ring (bicyclic) bond motifs is 1. The molecule has 0 radical (unpaired) electrons. The molecule has 3 atom stereocenters. The fraction of sp³-hybridized carbons (Fsp3) is 0.531. The maximum Gasteiger partial charge on any atom is 0.246 e. The summed E-state index contributed by atoms with van der Waals surface area (Å²) in [4.78, 5) is 21.5. The molecule has 3 N–H and O–H groups in total. The molecule has 1 aliphatic heterocycles. The fourth-order valence-corrected chi connectivity index (χ4v) is 6.46. The van der Waals surface area contributed by atoms with Gasteiger partial charge in [0.05, 0.1) is 23.4 Å². The standard InChI is InChI=1S/C32H41FN4O4S/c1-31(2,3)13-21-11-23-26(14-32(8-5-9-32)41-30(23)35-15-21)34-16-28(38)25(37-29(39)17-40-4)12-20-6-7-24(33)22(10-20)27-18-42-19-36-27/h6-7,10-11,15,18-19,25-26,28,34,38H,5,8-9,12-14,16-17H2,1-4H3,(H,37,39)/t25-,26-,28+/m0/s1. The molecule has 1 spiro atoms. The Bertz CT molecular complexity index is 1370. The van der Waals surface area contributed by atoms with Crippen molar-refractivity contribution < 1.29 is 23.8 Å². The number of aliphatic hydroxyl groups is 1. The molecule has 2 aromatic heterocycles. The maximum atomic E-state index is 14.6. The fourth-order valence-electron chi connectivity index (χ4n) is 5.91. The number of aromatic nitrogens is 2. The van der Waals surface area contributed by atoms with E-state index in [-0.39, 0.29) is 41.9 Å². The Labute approximate surface area is 251 Å². The molecule has 2 aliphatic rings. The molecule has 1 amide bonds. The highest BCUT2D eigenvalue weighted by Crippen LogP contribution is 2.48. The van der Waals surface area contributed by atoms with E-state index in [0.29, 0.717) is 23.6 Å². The van der Waals surface area contributed by atoms with Crippen molar-refractivity contribution in [1.82, 2.24) is 20.6 Å². The minimum absolute atomic E-state index is 0.0477. The van der Waals surface area contributed by atoms with Gasteiger partial charge in [-0.25, -0.2) is 14.4 Å². The molecule has 0 bridgehead atoms. The van der Waals surface area contributed by atoms with Crippen LogP contribution in [0.15, 0.2) is 41.4 Å². The smallest absolute Gasteiger partial charge is 0.246 e. The largest absolute Gasteiger partial charge is 0.471 e. The highest BCUT2D eigenvalue weighted by molar-refractivity contribution is 7.07. The number of aliphatic hydroxyl groups excluding tert-OH is 1. The number of rotatable bonds is 11. The molecule has 1 aliphatic carbocycles. The number of nitrogens with zero attached hydrogens (tertiary/aromatic N) is 2. The first-order valence-corrected chi connectivity index (χ1v) is 15.5. The van der Waals surface area contributed by atoms with Crippen LogP contribution in [0.1, 0.15) is 69.2 Å². The quantitative estimate of drug-likeness (QED) is 0.286. The summed E-state index contributed by atoms with van der Waals surface area (Å²) in [6, 6.07) is 6.32. The highest BCUT2D eigenvalue weighted by Gasteiger charge is 2.46. The van der Waals surface area contributed by atoms with E-state index in [4.69, 9.17) is 14.5 Å². The second-order valence-corrected chi connectivity index (χ2v) is 13.6. The number of thiazole rings is 1. The van der Waals surface area contributed by atoms with E-state index in [9.17, 15) is 14.3 Å². The number of hydrogen-bond donors (Lipinski definition) is 3. The van der Waals surface area contributed by atoms with Gasteiger partial charge in [-0.15, -0.1) is 11.3 Å². The number of carbonyl (C=O) groups is 1. The topological polar surface area (TPSA) is 106 Å². The first-order chi connectivity index (χ1) is 20.0. The van der Waals surface area contributed by atoms with Crippen molar-refractivity contribution in [2.45, 2.75) is 83.1 Å². The van der Waals surface area contributed by atoms with Gasteiger partial charge in [0.1, 0.15) is 18.0 Å². The summed E-state index contributed by atoms with van der Waals surface area (Å²) in [5.41, 5.74) is 5.45. The van der Waals surface area contributed by atoms with Crippen LogP contribution in [0.25, 0.3) is 11.3 Å². The molecule has 42 heavy (non-hydrogen) atoms. The molecule has 0 unspecified atom stereocenters. The lowest BCUT2D eigenvalue weighted by Gasteiger charge is -2.47. The molecule has 0 saturated heterocycles. The van der Waals surface area contributed by atoms with Gasteiger partial charge in [0.2, 0.25) is 11.8 Å². The lowest BCUT2D eigenvalue weighted by atomic mass is 9.73. The van der Waals surface area contributed by atoms with Gasteiger partial charge in [-0.1, -0.05) is 26.8 Å². The van der Waals surface area contributed by atoms with Crippen molar-refractivity contribution in [3.8, 4) is 17.1 Å². The first kappa shape index (κ1) is 30.5. The lowest BCUT2D eigenvalue weighted by Crippen LogP contribution is -2.52. The van der Waals surface area contributed by atoms with E-state index in [2.05, 4.69) is 42.5 Å². The van der Waals surface area contributed by atoms with E-state index < -0.39 is 12.1 Å². The van der Waals surface area contributed by atoms with Gasteiger partial charge < -0.3 is 25.2 Å². The van der Waals surface area contributed by atoms with Gasteiger partial charge in [-0.3, -0.25) is 4.79 Å². The van der Waals surface area contributed by atoms with Gasteiger partial charge in [-0.2, -0.15) is 0 Å². The van der Waals surface area contributed by atoms with E-state index in [1.165, 1.54) is 24.5 Å². The molecule has 3 aromatic rings. The van der Waals surface area contributed by atoms with Crippen molar-refractivity contribution in [2.24, 2.45) is 5.41 Å². The summed E-state index contributed by atoms with van der Waals surface area (Å²) in [5, 5.41) is 19.7. The molecule has 10 heteroatoms. The van der Waals surface area contributed by atoms with Crippen LogP contribution in [0.4, 0.5) is 4.39 Å². The van der Waals surface area contributed by atoms with Gasteiger partial charge >= 0.3 is 0 Å². The summed E-state index contributed by atoms with van der Waals surface area (Å²) in [5.74, 6) is -0.0324. The highest BCUT2D eigenvalue weighted by atomic mass is 32.1. The van der Waals surface area contributed by atoms with E-state index in [0.717, 1.165) is 48.8 Å². The summed E-state index contributed by atoms with van der Waals surface area (Å²) in [6.07, 6.45) is 6.08. The van der Waals surface area contributed by atoms with Crippen molar-refractivity contribution >= 4 is 17.2 Å². The third-order valence-electron chi connectivity index (χ3n) is 8.05. The van der Waals surface area contributed by atoms with Gasteiger partial charge in [0, 0.05) is 48.8 Å². The Morgan fingerprint density at radius 2 is 2.07 bits per heavy atom. The Balaban J connectivity index is 1.34. The van der Waals surface area contributed by atoms with Crippen molar-refractivity contribution in [1.29, 1.82) is 0 Å². The Morgan fingerprint density at radius 3 is 2.74 bits per heavy atom. The van der Waals surface area contributed by atoms with Crippen molar-refractivity contribution in [2.75, 3.05) is 20.3 Å². The summed E-state index contributed by atoms with van der Waals surface area (Å²) < 4.78 is 26.0. The van der Waals surface area contributed by atoms with Gasteiger partial charge in [0.15, 0.2) is 0 Å². The SMILES string of the molecule is COCC(=O)N[C@@H](Cc1ccc(F)c(-c2cscn2)c1)[C@H](O)CN[C@H]1CC2(CCC2)Oc2ncc(CC(C)(C)C)cc21. The molecule has 1 fully saturated rings. The van der Waals surface area contributed by atoms with Crippen LogP contribution >= 0.6 is 11.3 Å². The van der Waals surface area contributed by atoms with Crippen LogP contribution in [0.5, 0.6) is 5.88 Å². The minimum atomic E-state index is -0.923. The lowest BCUT2D eigenvalue weighted by molar-refractivity contribution is -0.126. The summed E-state index contributed by atoms with van der Waals surface area (Å²) >= 11 is 1.40. The van der Waals surface area contributed by atoms with Crippen LogP contribution in [-0.2, 0) is 22.4 Å². The molecular weight excluding hydrogens is 555 g/mol. The minimum Gasteiger partial charge on any atom is -0.471 e. The zero-order valence-corrected chi connectivity index (χ0v) is 25.6. The molecule has 1 saturated carbocycles. The predicted octanol–water partition coefficient (Wildman–Crippen LogP) is 5.00. The van der Waals surface area contributed by atoms with Gasteiger partial charge in [0.25, 0.3) is 0 Å². The van der Waals surface area contributed by atoms with E-state index in [1.807, 2.05) is 6.20 Å². The molecule has 1 aromatic carbocycles. The van der Waals surface area contributed by atoms with Crippen molar-refractivity contribution in [3.05, 3.63) is 63.9 Å². The Morgan fingerprint density at radius 1 is 1.26 bits per heavy atom. The monoisotopic (exact) mass is 596 g/mol. The van der Waals surface area contributed by atoms with Crippen LogP contribution in [0.2, 0.25) is 0 Å². The Kier molecular flexibility index (Phi) is 9.27. The van der Waals surface area contributed by atoms with Crippen LogP contribution in [-0.4, -0.2) is 59.0 Å². The number of hydrogen-bond acceptors (Lipinski definition) is 8. The number of nitrogens with one attached hydrogen (secondary N) is 2. The summed E-state index contributed by atoms with van der Waals surface area (Å²) in [7, 11) is 1.45. The summed E-state index contributed by atoms with van der Waals surface area (Å²) in [6.45, 7) is 6.73. The van der Waals surface area contributed by atoms with Crippen LogP contribution in [0.3, 0.4) is 0 Å². The van der Waals surface area contributed by atoms with Crippen molar-refractivity contribution in [3.63, 3.8) is 0 Å². The normalized spacial score (nSPS) is 19.0. The van der Waals surface area contributed by atoms with Crippen LogP contribution in [0, 0.1) is 11.2 Å².